The minimum Gasteiger partial charge on any atom is -0.486 e. The Morgan fingerprint density at radius 1 is 1.04 bits per heavy atom. The molecule has 2 aliphatic rings. The van der Waals surface area contributed by atoms with Gasteiger partial charge in [-0.2, -0.15) is 4.31 Å². The van der Waals surface area contributed by atoms with Gasteiger partial charge >= 0.3 is 0 Å². The van der Waals surface area contributed by atoms with Crippen LogP contribution in [0.4, 0.5) is 0 Å². The zero-order valence-corrected chi connectivity index (χ0v) is 13.9. The summed E-state index contributed by atoms with van der Waals surface area (Å²) in [6.07, 6.45) is 0.809. The molecule has 7 nitrogen and oxygen atoms in total. The number of hydrogen-bond acceptors (Lipinski definition) is 6. The van der Waals surface area contributed by atoms with E-state index in [1.807, 2.05) is 0 Å². The summed E-state index contributed by atoms with van der Waals surface area (Å²) in [5, 5.41) is 0. The van der Waals surface area contributed by atoms with Crippen LogP contribution in [-0.2, 0) is 10.0 Å². The van der Waals surface area contributed by atoms with Crippen LogP contribution in [0, 0.1) is 0 Å². The quantitative estimate of drug-likeness (QED) is 0.837. The van der Waals surface area contributed by atoms with Crippen LogP contribution in [0.2, 0.25) is 0 Å². The summed E-state index contributed by atoms with van der Waals surface area (Å²) < 4.78 is 38.2. The number of nitrogens with zero attached hydrogens (tertiary/aromatic N) is 2. The van der Waals surface area contributed by atoms with E-state index in [1.54, 1.807) is 22.5 Å². The van der Waals surface area contributed by atoms with Gasteiger partial charge in [-0.1, -0.05) is 0 Å². The molecule has 8 heteroatoms. The lowest BCUT2D eigenvalue weighted by atomic mass is 10.3. The van der Waals surface area contributed by atoms with Gasteiger partial charge in [0.05, 0.1) is 4.90 Å². The molecule has 128 valence electrons. The second-order valence-electron chi connectivity index (χ2n) is 5.69. The van der Waals surface area contributed by atoms with Crippen LogP contribution in [0.1, 0.15) is 6.42 Å². The van der Waals surface area contributed by atoms with Gasteiger partial charge in [0.25, 0.3) is 0 Å². The van der Waals surface area contributed by atoms with Crippen molar-refractivity contribution in [3.63, 3.8) is 0 Å². The summed E-state index contributed by atoms with van der Waals surface area (Å²) in [5.74, 6) is 1.09. The number of nitrogens with two attached hydrogens (primary N) is 1. The van der Waals surface area contributed by atoms with Crippen molar-refractivity contribution in [2.75, 3.05) is 52.5 Å². The largest absolute Gasteiger partial charge is 0.486 e. The first-order valence-electron chi connectivity index (χ1n) is 7.93. The molecule has 1 fully saturated rings. The van der Waals surface area contributed by atoms with Gasteiger partial charge in [-0.3, -0.25) is 0 Å². The highest BCUT2D eigenvalue weighted by Crippen LogP contribution is 2.33. The van der Waals surface area contributed by atoms with Crippen molar-refractivity contribution in [1.29, 1.82) is 0 Å². The normalized spacial score (nSPS) is 20.2. The summed E-state index contributed by atoms with van der Waals surface area (Å²) in [5.41, 5.74) is 5.59. The van der Waals surface area contributed by atoms with Crippen LogP contribution in [0.25, 0.3) is 0 Å². The van der Waals surface area contributed by atoms with Crippen LogP contribution in [-0.4, -0.2) is 70.1 Å². The van der Waals surface area contributed by atoms with Crippen molar-refractivity contribution in [2.45, 2.75) is 11.3 Å². The molecule has 23 heavy (non-hydrogen) atoms. The van der Waals surface area contributed by atoms with Gasteiger partial charge in [-0.25, -0.2) is 8.42 Å². The maximum absolute atomic E-state index is 12.9. The molecular formula is C15H23N3O4S. The first-order chi connectivity index (χ1) is 11.1. The van der Waals surface area contributed by atoms with Crippen LogP contribution in [0.5, 0.6) is 11.5 Å². The van der Waals surface area contributed by atoms with Crippen LogP contribution < -0.4 is 15.2 Å². The average Bonchev–Trinajstić information content (AvgIpc) is 2.81. The summed E-state index contributed by atoms with van der Waals surface area (Å²) in [4.78, 5) is 2.47. The predicted molar refractivity (Wildman–Crippen MR) is 86.3 cm³/mol. The number of sulfonamides is 1. The van der Waals surface area contributed by atoms with E-state index in [1.165, 1.54) is 0 Å². The topological polar surface area (TPSA) is 85.1 Å². The lowest BCUT2D eigenvalue weighted by Crippen LogP contribution is -2.36. The maximum atomic E-state index is 12.9. The molecule has 1 saturated heterocycles. The van der Waals surface area contributed by atoms with E-state index in [9.17, 15) is 8.42 Å². The zero-order valence-electron chi connectivity index (χ0n) is 13.1. The van der Waals surface area contributed by atoms with E-state index in [4.69, 9.17) is 15.2 Å². The number of ether oxygens (including phenoxy) is 2. The fraction of sp³-hybridized carbons (Fsp3) is 0.600. The number of benzene rings is 1. The lowest BCUT2D eigenvalue weighted by Gasteiger charge is -2.23. The summed E-state index contributed by atoms with van der Waals surface area (Å²) in [6, 6.07) is 4.82. The monoisotopic (exact) mass is 341 g/mol. The summed E-state index contributed by atoms with van der Waals surface area (Å²) in [7, 11) is -3.52. The van der Waals surface area contributed by atoms with Gasteiger partial charge in [0.15, 0.2) is 11.5 Å². The minimum absolute atomic E-state index is 0.258. The second-order valence-corrected chi connectivity index (χ2v) is 7.63. The van der Waals surface area contributed by atoms with Crippen LogP contribution in [0.3, 0.4) is 0 Å². The SMILES string of the molecule is NCCN1CCCN(S(=O)(=O)c2ccc3c(c2)OCCO3)CC1. The van der Waals surface area contributed by atoms with Crippen molar-refractivity contribution in [3.8, 4) is 11.5 Å². The van der Waals surface area contributed by atoms with Crippen molar-refractivity contribution >= 4 is 10.0 Å². The smallest absolute Gasteiger partial charge is 0.243 e. The molecule has 0 saturated carbocycles. The molecule has 0 bridgehead atoms. The Labute approximate surface area is 137 Å². The molecule has 2 aliphatic heterocycles. The Kier molecular flexibility index (Phi) is 5.05. The highest BCUT2D eigenvalue weighted by atomic mass is 32.2. The van der Waals surface area contributed by atoms with E-state index in [-0.39, 0.29) is 4.90 Å². The fourth-order valence-electron chi connectivity index (χ4n) is 2.93. The van der Waals surface area contributed by atoms with Crippen molar-refractivity contribution in [2.24, 2.45) is 5.73 Å². The average molecular weight is 341 g/mol. The molecule has 3 rings (SSSR count). The first-order valence-corrected chi connectivity index (χ1v) is 9.37. The number of hydrogen-bond donors (Lipinski definition) is 1. The van der Waals surface area contributed by atoms with Crippen molar-refractivity contribution < 1.29 is 17.9 Å². The molecular weight excluding hydrogens is 318 g/mol. The number of fused-ring (bicyclic) bond motifs is 1. The highest BCUT2D eigenvalue weighted by molar-refractivity contribution is 7.89. The summed E-state index contributed by atoms with van der Waals surface area (Å²) in [6.45, 7) is 4.92. The fourth-order valence-corrected chi connectivity index (χ4v) is 4.41. The third-order valence-corrected chi connectivity index (χ3v) is 6.04. The Bertz CT molecular complexity index is 650. The van der Waals surface area contributed by atoms with Gasteiger partial charge in [-0.05, 0) is 25.1 Å². The standard InChI is InChI=1S/C15H23N3O4S/c16-4-7-17-5-1-6-18(9-8-17)23(19,20)13-2-3-14-15(12-13)22-11-10-21-14/h2-3,12H,1,4-11,16H2. The number of rotatable bonds is 4. The second kappa shape index (κ2) is 7.04. The first kappa shape index (κ1) is 16.5. The Morgan fingerprint density at radius 3 is 2.61 bits per heavy atom. The molecule has 0 aliphatic carbocycles. The zero-order chi connectivity index (χ0) is 16.3. The Morgan fingerprint density at radius 2 is 1.83 bits per heavy atom. The molecule has 1 aromatic carbocycles. The van der Waals surface area contributed by atoms with Gasteiger partial charge in [-0.15, -0.1) is 0 Å². The third-order valence-electron chi connectivity index (χ3n) is 4.14. The molecule has 0 spiro atoms. The van der Waals surface area contributed by atoms with Crippen LogP contribution in [0.15, 0.2) is 23.1 Å². The van der Waals surface area contributed by atoms with E-state index >= 15 is 0 Å². The van der Waals surface area contributed by atoms with Gasteiger partial charge < -0.3 is 20.1 Å². The van der Waals surface area contributed by atoms with Gasteiger partial charge in [0.1, 0.15) is 13.2 Å². The molecule has 0 aromatic heterocycles. The molecule has 2 N–H and O–H groups in total. The molecule has 2 heterocycles. The van der Waals surface area contributed by atoms with E-state index in [2.05, 4.69) is 4.90 Å². The maximum Gasteiger partial charge on any atom is 0.243 e. The van der Waals surface area contributed by atoms with Crippen molar-refractivity contribution in [3.05, 3.63) is 18.2 Å². The predicted octanol–water partition coefficient (Wildman–Crippen LogP) is 0.113. The minimum atomic E-state index is -3.52. The molecule has 0 atom stereocenters. The Balaban J connectivity index is 1.78. The molecule has 1 aromatic rings. The third kappa shape index (κ3) is 3.60. The van der Waals surface area contributed by atoms with E-state index in [0.717, 1.165) is 19.5 Å². The van der Waals surface area contributed by atoms with Gasteiger partial charge in [0.2, 0.25) is 10.0 Å². The molecule has 0 radical (unpaired) electrons. The molecule has 0 unspecified atom stereocenters. The Hall–Kier alpha value is -1.35. The van der Waals surface area contributed by atoms with E-state index in [0.29, 0.717) is 50.9 Å². The van der Waals surface area contributed by atoms with Crippen LogP contribution >= 0.6 is 0 Å². The highest BCUT2D eigenvalue weighted by Gasteiger charge is 2.28. The molecule has 0 amide bonds. The van der Waals surface area contributed by atoms with Gasteiger partial charge in [0, 0.05) is 38.8 Å². The van der Waals surface area contributed by atoms with Crippen molar-refractivity contribution in [1.82, 2.24) is 9.21 Å². The summed E-state index contributed by atoms with van der Waals surface area (Å²) >= 11 is 0. The lowest BCUT2D eigenvalue weighted by molar-refractivity contribution is 0.171. The van der Waals surface area contributed by atoms with E-state index < -0.39 is 10.0 Å².